The molecule has 0 radical (unpaired) electrons. The van der Waals surface area contributed by atoms with Gasteiger partial charge in [-0.3, -0.25) is 9.69 Å². The average molecular weight is 485 g/mol. The largest absolute Gasteiger partial charge is 0.395 e. The molecule has 4 rings (SSSR count). The monoisotopic (exact) mass is 484 g/mol. The van der Waals surface area contributed by atoms with Crippen LogP contribution < -0.4 is 0 Å². The number of rotatable bonds is 5. The highest BCUT2D eigenvalue weighted by Crippen LogP contribution is 2.33. The number of aliphatic hydroxyl groups excluding tert-OH is 1. The number of aliphatic hydroxyl groups is 1. The summed E-state index contributed by atoms with van der Waals surface area (Å²) in [6.45, 7) is 5.37. The quantitative estimate of drug-likeness (QED) is 0.593. The van der Waals surface area contributed by atoms with Crippen LogP contribution in [0.1, 0.15) is 32.7 Å². The number of aryl methyl sites for hydroxylation is 2. The van der Waals surface area contributed by atoms with E-state index in [1.807, 2.05) is 30.7 Å². The third-order valence-corrected chi connectivity index (χ3v) is 7.23. The van der Waals surface area contributed by atoms with E-state index < -0.39 is 0 Å². The van der Waals surface area contributed by atoms with Crippen LogP contribution >= 0.6 is 23.2 Å². The number of fused-ring (bicyclic) bond motifs is 1. The van der Waals surface area contributed by atoms with Crippen LogP contribution in [0.4, 0.5) is 0 Å². The summed E-state index contributed by atoms with van der Waals surface area (Å²) in [4.78, 5) is 17.2. The third kappa shape index (κ3) is 4.60. The zero-order valence-corrected chi connectivity index (χ0v) is 20.2. The van der Waals surface area contributed by atoms with Crippen molar-refractivity contribution >= 4 is 40.0 Å². The third-order valence-electron chi connectivity index (χ3n) is 6.45. The number of hydrogen-bond acceptors (Lipinski definition) is 4. The van der Waals surface area contributed by atoms with Gasteiger partial charge in [0.1, 0.15) is 0 Å². The Balaban J connectivity index is 1.63. The number of amides is 1. The Labute approximate surface area is 203 Å². The van der Waals surface area contributed by atoms with E-state index in [0.717, 1.165) is 35.2 Å². The number of carbonyl (C=O) groups excluding carboxylic acids is 1. The number of carbonyl (C=O) groups is 1. The molecular formula is C25H26Cl2N4O2. The molecular weight excluding hydrogens is 459 g/mol. The number of halogens is 2. The lowest BCUT2D eigenvalue weighted by Crippen LogP contribution is -2.49. The molecule has 1 aliphatic heterocycles. The maximum atomic E-state index is 13.2. The van der Waals surface area contributed by atoms with Crippen LogP contribution in [-0.2, 0) is 13.5 Å². The van der Waals surface area contributed by atoms with Gasteiger partial charge in [0.25, 0.3) is 5.91 Å². The molecule has 0 bridgehead atoms. The van der Waals surface area contributed by atoms with Gasteiger partial charge in [-0.2, -0.15) is 5.26 Å². The molecule has 6 nitrogen and oxygen atoms in total. The fraction of sp³-hybridized carbons (Fsp3) is 0.360. The molecule has 2 aromatic carbocycles. The minimum Gasteiger partial charge on any atom is -0.395 e. The normalized spacial score (nSPS) is 14.6. The Morgan fingerprint density at radius 3 is 2.55 bits per heavy atom. The first-order valence-electron chi connectivity index (χ1n) is 10.9. The summed E-state index contributed by atoms with van der Waals surface area (Å²) in [6.07, 6.45) is 0.468. The Morgan fingerprint density at radius 1 is 1.15 bits per heavy atom. The number of hydrogen-bond donors (Lipinski definition) is 1. The number of nitrogens with zero attached hydrogens (tertiary/aromatic N) is 4. The summed E-state index contributed by atoms with van der Waals surface area (Å²) in [6, 6.07) is 11.5. The predicted octanol–water partition coefficient (Wildman–Crippen LogP) is 4.01. The molecule has 1 aromatic heterocycles. The summed E-state index contributed by atoms with van der Waals surface area (Å²) in [5.41, 5.74) is 4.79. The van der Waals surface area contributed by atoms with Gasteiger partial charge in [0, 0.05) is 67.8 Å². The molecule has 0 spiro atoms. The van der Waals surface area contributed by atoms with Gasteiger partial charge < -0.3 is 14.6 Å². The van der Waals surface area contributed by atoms with Crippen LogP contribution in [0.5, 0.6) is 0 Å². The van der Waals surface area contributed by atoms with Crippen LogP contribution in [0.2, 0.25) is 10.0 Å². The van der Waals surface area contributed by atoms with Crippen molar-refractivity contribution in [2.45, 2.75) is 13.3 Å². The van der Waals surface area contributed by atoms with Gasteiger partial charge in [0.15, 0.2) is 0 Å². The SMILES string of the molecule is Cc1cc(C#N)cc2c1cc(Cc1c(Cl)ccc(C(=O)N3CCN(CCO)CC3)c1Cl)n2C. The van der Waals surface area contributed by atoms with Gasteiger partial charge in [-0.15, -0.1) is 0 Å². The molecule has 2 heterocycles. The smallest absolute Gasteiger partial charge is 0.255 e. The molecule has 8 heteroatoms. The fourth-order valence-electron chi connectivity index (χ4n) is 4.49. The van der Waals surface area contributed by atoms with Gasteiger partial charge >= 0.3 is 0 Å². The molecule has 1 N–H and O–H groups in total. The summed E-state index contributed by atoms with van der Waals surface area (Å²) >= 11 is 13.3. The number of aromatic nitrogens is 1. The minimum absolute atomic E-state index is 0.104. The number of benzene rings is 2. The van der Waals surface area contributed by atoms with Crippen molar-refractivity contribution < 1.29 is 9.90 Å². The molecule has 172 valence electrons. The van der Waals surface area contributed by atoms with Gasteiger partial charge in [-0.25, -0.2) is 0 Å². The molecule has 0 aliphatic carbocycles. The van der Waals surface area contributed by atoms with E-state index >= 15 is 0 Å². The Morgan fingerprint density at radius 2 is 1.88 bits per heavy atom. The second kappa shape index (κ2) is 9.74. The van der Waals surface area contributed by atoms with Crippen molar-refractivity contribution in [2.24, 2.45) is 7.05 Å². The maximum absolute atomic E-state index is 13.2. The second-order valence-electron chi connectivity index (χ2n) is 8.45. The van der Waals surface area contributed by atoms with E-state index in [0.29, 0.717) is 52.8 Å². The zero-order valence-electron chi connectivity index (χ0n) is 18.7. The topological polar surface area (TPSA) is 72.5 Å². The lowest BCUT2D eigenvalue weighted by Gasteiger charge is -2.34. The fourth-order valence-corrected chi connectivity index (χ4v) is 5.07. The molecule has 0 saturated carbocycles. The first kappa shape index (κ1) is 23.6. The standard InChI is InChI=1S/C25H26Cl2N4O2/c1-16-11-17(15-28)12-23-20(16)13-18(29(23)2)14-21-22(26)4-3-19(24(21)27)25(33)31-7-5-30(6-8-31)9-10-32/h3-4,11-13,32H,5-10,14H2,1-2H3. The van der Waals surface area contributed by atoms with E-state index in [9.17, 15) is 10.1 Å². The number of nitriles is 1. The van der Waals surface area contributed by atoms with Gasteiger partial charge in [0.2, 0.25) is 0 Å². The Hall–Kier alpha value is -2.56. The lowest BCUT2D eigenvalue weighted by molar-refractivity contribution is 0.0615. The minimum atomic E-state index is -0.104. The van der Waals surface area contributed by atoms with Crippen molar-refractivity contribution in [1.29, 1.82) is 5.26 Å². The van der Waals surface area contributed by atoms with Crippen LogP contribution in [0.15, 0.2) is 30.3 Å². The van der Waals surface area contributed by atoms with E-state index in [4.69, 9.17) is 28.3 Å². The van der Waals surface area contributed by atoms with Crippen molar-refractivity contribution in [3.05, 3.63) is 68.3 Å². The van der Waals surface area contributed by atoms with Gasteiger partial charge in [-0.1, -0.05) is 23.2 Å². The average Bonchev–Trinajstić information content (AvgIpc) is 3.13. The van der Waals surface area contributed by atoms with E-state index in [1.165, 1.54) is 0 Å². The van der Waals surface area contributed by atoms with Crippen molar-refractivity contribution in [3.63, 3.8) is 0 Å². The number of piperazine rings is 1. The summed E-state index contributed by atoms with van der Waals surface area (Å²) in [5.74, 6) is -0.104. The second-order valence-corrected chi connectivity index (χ2v) is 9.24. The highest BCUT2D eigenvalue weighted by atomic mass is 35.5. The number of β-amino-alcohol motifs (C(OH)–C–C–N with tert-alkyl or cyclic N) is 1. The molecule has 1 amide bonds. The summed E-state index contributed by atoms with van der Waals surface area (Å²) in [5, 5.41) is 20.4. The molecule has 1 fully saturated rings. The zero-order chi connectivity index (χ0) is 23.7. The van der Waals surface area contributed by atoms with Crippen molar-refractivity contribution in [3.8, 4) is 6.07 Å². The van der Waals surface area contributed by atoms with Gasteiger partial charge in [-0.05, 0) is 48.4 Å². The first-order chi connectivity index (χ1) is 15.8. The van der Waals surface area contributed by atoms with E-state index in [-0.39, 0.29) is 12.5 Å². The molecule has 1 saturated heterocycles. The Bertz CT molecular complexity index is 1250. The van der Waals surface area contributed by atoms with Crippen LogP contribution in [0.3, 0.4) is 0 Å². The predicted molar refractivity (Wildman–Crippen MR) is 131 cm³/mol. The highest BCUT2D eigenvalue weighted by Gasteiger charge is 2.25. The molecule has 0 unspecified atom stereocenters. The molecule has 1 aliphatic rings. The van der Waals surface area contributed by atoms with Crippen LogP contribution in [0, 0.1) is 18.3 Å². The van der Waals surface area contributed by atoms with Crippen molar-refractivity contribution in [2.75, 3.05) is 39.3 Å². The lowest BCUT2D eigenvalue weighted by atomic mass is 10.0. The highest BCUT2D eigenvalue weighted by molar-refractivity contribution is 6.38. The molecule has 33 heavy (non-hydrogen) atoms. The summed E-state index contributed by atoms with van der Waals surface area (Å²) < 4.78 is 2.05. The maximum Gasteiger partial charge on any atom is 0.255 e. The van der Waals surface area contributed by atoms with Crippen LogP contribution in [0.25, 0.3) is 10.9 Å². The Kier molecular flexibility index (Phi) is 6.96. The van der Waals surface area contributed by atoms with E-state index in [1.54, 1.807) is 17.0 Å². The summed E-state index contributed by atoms with van der Waals surface area (Å²) in [7, 11) is 1.96. The first-order valence-corrected chi connectivity index (χ1v) is 11.7. The van der Waals surface area contributed by atoms with E-state index in [2.05, 4.69) is 17.0 Å². The van der Waals surface area contributed by atoms with Crippen LogP contribution in [-0.4, -0.2) is 64.7 Å². The molecule has 0 atom stereocenters. The molecule has 3 aromatic rings. The van der Waals surface area contributed by atoms with Crippen molar-refractivity contribution in [1.82, 2.24) is 14.4 Å². The van der Waals surface area contributed by atoms with Gasteiger partial charge in [0.05, 0.1) is 28.8 Å².